The molecule has 0 aliphatic rings. The van der Waals surface area contributed by atoms with Gasteiger partial charge in [0.1, 0.15) is 5.82 Å². The first-order valence-corrected chi connectivity index (χ1v) is 8.43. The second-order valence-electron chi connectivity index (χ2n) is 6.22. The van der Waals surface area contributed by atoms with E-state index in [1.165, 1.54) is 29.1 Å². The van der Waals surface area contributed by atoms with E-state index in [1.54, 1.807) is 31.2 Å². The second-order valence-corrected chi connectivity index (χ2v) is 6.22. The zero-order valence-corrected chi connectivity index (χ0v) is 15.0. The number of aromatic amines is 1. The lowest BCUT2D eigenvalue weighted by atomic mass is 10.2. The van der Waals surface area contributed by atoms with E-state index in [-0.39, 0.29) is 17.3 Å². The highest BCUT2D eigenvalue weighted by atomic mass is 19.1. The first kappa shape index (κ1) is 18.2. The molecule has 0 bridgehead atoms. The minimum Gasteiger partial charge on any atom is -0.504 e. The first-order chi connectivity index (χ1) is 13.9. The predicted octanol–water partition coefficient (Wildman–Crippen LogP) is 2.62. The van der Waals surface area contributed by atoms with Crippen molar-refractivity contribution in [2.75, 3.05) is 5.32 Å². The first-order valence-electron chi connectivity index (χ1n) is 8.43. The van der Waals surface area contributed by atoms with Crippen LogP contribution in [0.3, 0.4) is 0 Å². The molecule has 10 heteroatoms. The zero-order valence-electron chi connectivity index (χ0n) is 15.0. The average Bonchev–Trinajstić information content (AvgIpc) is 3.28. The van der Waals surface area contributed by atoms with Gasteiger partial charge in [-0.15, -0.1) is 0 Å². The van der Waals surface area contributed by atoms with Crippen molar-refractivity contribution in [3.8, 4) is 22.8 Å². The number of nitrogens with zero attached hydrogens (tertiary/aromatic N) is 3. The van der Waals surface area contributed by atoms with Crippen molar-refractivity contribution in [3.05, 3.63) is 76.3 Å². The topological polar surface area (TPSA) is 126 Å². The summed E-state index contributed by atoms with van der Waals surface area (Å²) in [5, 5.41) is 20.5. The molecule has 3 N–H and O–H groups in total. The third-order valence-corrected chi connectivity index (χ3v) is 4.15. The molecule has 29 heavy (non-hydrogen) atoms. The Kier molecular flexibility index (Phi) is 4.43. The highest BCUT2D eigenvalue weighted by Crippen LogP contribution is 2.23. The smallest absolute Gasteiger partial charge is 0.439 e. The molecular formula is C19H14FN5O4. The van der Waals surface area contributed by atoms with Crippen LogP contribution in [0.1, 0.15) is 16.1 Å². The second kappa shape index (κ2) is 7.08. The van der Waals surface area contributed by atoms with Crippen molar-refractivity contribution in [3.63, 3.8) is 0 Å². The number of nitrogens with one attached hydrogen (secondary N) is 2. The Morgan fingerprint density at radius 1 is 1.28 bits per heavy atom. The number of hydrogen-bond donors (Lipinski definition) is 3. The molecule has 0 radical (unpaired) electrons. The maximum absolute atomic E-state index is 13.3. The number of carbonyl (C=O) groups is 1. The number of amides is 1. The minimum absolute atomic E-state index is 0.200. The Morgan fingerprint density at radius 2 is 2.10 bits per heavy atom. The third-order valence-electron chi connectivity index (χ3n) is 4.15. The molecule has 4 rings (SSSR count). The van der Waals surface area contributed by atoms with Gasteiger partial charge in [0.2, 0.25) is 0 Å². The van der Waals surface area contributed by atoms with Gasteiger partial charge >= 0.3 is 5.76 Å². The lowest BCUT2D eigenvalue weighted by molar-refractivity contribution is 0.101. The largest absolute Gasteiger partial charge is 0.504 e. The summed E-state index contributed by atoms with van der Waals surface area (Å²) in [5.41, 5.74) is 1.83. The third kappa shape index (κ3) is 3.63. The maximum atomic E-state index is 13.3. The van der Waals surface area contributed by atoms with E-state index in [1.807, 2.05) is 0 Å². The molecule has 2 aromatic heterocycles. The van der Waals surface area contributed by atoms with Gasteiger partial charge in [-0.3, -0.25) is 14.3 Å². The van der Waals surface area contributed by atoms with Crippen LogP contribution >= 0.6 is 0 Å². The molecule has 0 aliphatic heterocycles. The fourth-order valence-corrected chi connectivity index (χ4v) is 2.81. The number of hydrogen-bond acceptors (Lipinski definition) is 6. The normalized spacial score (nSPS) is 10.8. The van der Waals surface area contributed by atoms with Crippen molar-refractivity contribution >= 4 is 11.6 Å². The van der Waals surface area contributed by atoms with Crippen LogP contribution in [0.15, 0.2) is 58.0 Å². The Hall–Kier alpha value is -4.21. The van der Waals surface area contributed by atoms with E-state index < -0.39 is 17.5 Å². The van der Waals surface area contributed by atoms with Gasteiger partial charge in [-0.1, -0.05) is 17.3 Å². The monoisotopic (exact) mass is 395 g/mol. The molecule has 4 aromatic rings. The number of carbonyl (C=O) groups excluding carboxylic acids is 1. The van der Waals surface area contributed by atoms with Crippen molar-refractivity contribution in [1.29, 1.82) is 0 Å². The molecule has 0 fully saturated rings. The van der Waals surface area contributed by atoms with Gasteiger partial charge in [0, 0.05) is 11.3 Å². The van der Waals surface area contributed by atoms with E-state index in [2.05, 4.69) is 25.1 Å². The Morgan fingerprint density at radius 3 is 2.83 bits per heavy atom. The van der Waals surface area contributed by atoms with Crippen LogP contribution in [0.25, 0.3) is 17.1 Å². The summed E-state index contributed by atoms with van der Waals surface area (Å²) in [6.07, 6.45) is 1.27. The summed E-state index contributed by atoms with van der Waals surface area (Å²) >= 11 is 0. The molecule has 2 aromatic carbocycles. The van der Waals surface area contributed by atoms with Gasteiger partial charge < -0.3 is 10.4 Å². The summed E-state index contributed by atoms with van der Waals surface area (Å²) in [6.45, 7) is 1.69. The van der Waals surface area contributed by atoms with Gasteiger partial charge in [-0.2, -0.15) is 5.10 Å². The number of aromatic nitrogens is 4. The SMILES string of the molecule is Cc1cc(F)ccc1-n1cc(O)c(C(=O)Nc2cccc(-c3noc(=O)[nH]3)c2)n1. The molecule has 0 unspecified atom stereocenters. The quantitative estimate of drug-likeness (QED) is 0.488. The summed E-state index contributed by atoms with van der Waals surface area (Å²) in [7, 11) is 0. The molecule has 9 nitrogen and oxygen atoms in total. The molecule has 0 saturated heterocycles. The zero-order chi connectivity index (χ0) is 20.5. The van der Waals surface area contributed by atoms with Crippen molar-refractivity contribution in [1.82, 2.24) is 19.9 Å². The average molecular weight is 395 g/mol. The summed E-state index contributed by atoms with van der Waals surface area (Å²) in [5.74, 6) is -1.85. The molecule has 0 saturated carbocycles. The van der Waals surface area contributed by atoms with Crippen molar-refractivity contribution in [2.24, 2.45) is 0 Å². The molecule has 146 valence electrons. The number of halogens is 1. The summed E-state index contributed by atoms with van der Waals surface area (Å²) in [6, 6.07) is 10.6. The van der Waals surface area contributed by atoms with Crippen LogP contribution in [-0.4, -0.2) is 30.9 Å². The Bertz CT molecular complexity index is 1270. The number of anilines is 1. The van der Waals surface area contributed by atoms with E-state index in [0.717, 1.165) is 0 Å². The lowest BCUT2D eigenvalue weighted by Gasteiger charge is -2.06. The number of rotatable bonds is 4. The molecule has 2 heterocycles. The van der Waals surface area contributed by atoms with E-state index >= 15 is 0 Å². The van der Waals surface area contributed by atoms with Crippen LogP contribution < -0.4 is 11.1 Å². The number of aromatic hydroxyl groups is 1. The fourth-order valence-electron chi connectivity index (χ4n) is 2.81. The standard InChI is InChI=1S/C19H14FN5O4/c1-10-7-12(20)5-6-14(10)25-9-15(26)16(23-25)18(27)21-13-4-2-3-11(8-13)17-22-19(28)29-24-17/h2-9,26H,1H3,(H,21,27)(H,22,24,28). The summed E-state index contributed by atoms with van der Waals surface area (Å²) < 4.78 is 19.1. The highest BCUT2D eigenvalue weighted by Gasteiger charge is 2.18. The fraction of sp³-hybridized carbons (Fsp3) is 0.0526. The van der Waals surface area contributed by atoms with Gasteiger partial charge in [0.15, 0.2) is 17.3 Å². The summed E-state index contributed by atoms with van der Waals surface area (Å²) in [4.78, 5) is 26.1. The van der Waals surface area contributed by atoms with Crippen LogP contribution in [-0.2, 0) is 0 Å². The lowest BCUT2D eigenvalue weighted by Crippen LogP contribution is -2.13. The van der Waals surface area contributed by atoms with Crippen LogP contribution in [0.4, 0.5) is 10.1 Å². The van der Waals surface area contributed by atoms with Gasteiger partial charge in [-0.25, -0.2) is 13.9 Å². The number of H-pyrrole nitrogens is 1. The van der Waals surface area contributed by atoms with E-state index in [9.17, 15) is 19.1 Å². The molecule has 0 atom stereocenters. The van der Waals surface area contributed by atoms with Crippen molar-refractivity contribution in [2.45, 2.75) is 6.92 Å². The molecular weight excluding hydrogens is 381 g/mol. The van der Waals surface area contributed by atoms with E-state index in [0.29, 0.717) is 22.5 Å². The van der Waals surface area contributed by atoms with Gasteiger partial charge in [0.25, 0.3) is 5.91 Å². The number of aryl methyl sites for hydroxylation is 1. The van der Waals surface area contributed by atoms with E-state index in [4.69, 9.17) is 0 Å². The van der Waals surface area contributed by atoms with Gasteiger partial charge in [-0.05, 0) is 42.8 Å². The van der Waals surface area contributed by atoms with Crippen LogP contribution in [0, 0.1) is 12.7 Å². The van der Waals surface area contributed by atoms with Crippen LogP contribution in [0.2, 0.25) is 0 Å². The molecule has 0 spiro atoms. The van der Waals surface area contributed by atoms with Crippen molar-refractivity contribution < 1.29 is 18.8 Å². The molecule has 1 amide bonds. The minimum atomic E-state index is -0.694. The Labute approximate surface area is 162 Å². The highest BCUT2D eigenvalue weighted by molar-refractivity contribution is 6.04. The van der Waals surface area contributed by atoms with Gasteiger partial charge in [0.05, 0.1) is 11.9 Å². The van der Waals surface area contributed by atoms with Crippen LogP contribution in [0.5, 0.6) is 5.75 Å². The Balaban J connectivity index is 1.59. The predicted molar refractivity (Wildman–Crippen MR) is 100 cm³/mol. The number of benzene rings is 2. The molecule has 0 aliphatic carbocycles. The maximum Gasteiger partial charge on any atom is 0.439 e.